The molecule has 0 radical (unpaired) electrons. The van der Waals surface area contributed by atoms with E-state index in [4.69, 9.17) is 27.9 Å². The van der Waals surface area contributed by atoms with Crippen LogP contribution in [0, 0.1) is 6.92 Å². The van der Waals surface area contributed by atoms with Crippen molar-refractivity contribution in [2.75, 3.05) is 19.0 Å². The number of nitrogens with zero attached hydrogens (tertiary/aromatic N) is 1. The predicted molar refractivity (Wildman–Crippen MR) is 134 cm³/mol. The number of aromatic nitrogens is 1. The van der Waals surface area contributed by atoms with Gasteiger partial charge in [0.1, 0.15) is 5.75 Å². The van der Waals surface area contributed by atoms with Crippen LogP contribution in [0.4, 0.5) is 10.5 Å². The molecule has 0 fully saturated rings. The van der Waals surface area contributed by atoms with Gasteiger partial charge in [0.25, 0.3) is 0 Å². The largest absolute Gasteiger partial charge is 0.497 e. The lowest BCUT2D eigenvalue weighted by atomic mass is 9.92. The number of nitrogens with one attached hydrogen (secondary N) is 2. The maximum absolute atomic E-state index is 13.5. The molecule has 0 spiro atoms. The first-order valence-electron chi connectivity index (χ1n) is 10.7. The molecule has 5 nitrogen and oxygen atoms in total. The molecule has 1 atom stereocenters. The van der Waals surface area contributed by atoms with Crippen molar-refractivity contribution in [1.82, 2.24) is 9.88 Å². The van der Waals surface area contributed by atoms with Gasteiger partial charge in [-0.15, -0.1) is 0 Å². The zero-order valence-electron chi connectivity index (χ0n) is 18.3. The summed E-state index contributed by atoms with van der Waals surface area (Å²) in [6.45, 7) is 2.52. The van der Waals surface area contributed by atoms with Gasteiger partial charge in [-0.2, -0.15) is 0 Å². The lowest BCUT2D eigenvalue weighted by Gasteiger charge is -2.36. The Hall–Kier alpha value is -3.15. The average Bonchev–Trinajstić information content (AvgIpc) is 3.18. The van der Waals surface area contributed by atoms with Crippen LogP contribution in [0.2, 0.25) is 10.0 Å². The smallest absolute Gasteiger partial charge is 0.322 e. The first-order valence-corrected chi connectivity index (χ1v) is 11.5. The number of amides is 2. The first kappa shape index (κ1) is 21.7. The Balaban J connectivity index is 1.58. The molecule has 0 saturated carbocycles. The Bertz CT molecular complexity index is 1350. The Kier molecular flexibility index (Phi) is 5.69. The molecule has 1 aliphatic heterocycles. The second-order valence-corrected chi connectivity index (χ2v) is 9.08. The summed E-state index contributed by atoms with van der Waals surface area (Å²) in [7, 11) is 1.64. The van der Waals surface area contributed by atoms with Crippen LogP contribution in [0.15, 0.2) is 60.7 Å². The van der Waals surface area contributed by atoms with Crippen LogP contribution in [0.25, 0.3) is 10.9 Å². The summed E-state index contributed by atoms with van der Waals surface area (Å²) in [5.41, 5.74) is 5.80. The highest BCUT2D eigenvalue weighted by Gasteiger charge is 2.35. The molecule has 3 aromatic carbocycles. The zero-order valence-corrected chi connectivity index (χ0v) is 19.8. The summed E-state index contributed by atoms with van der Waals surface area (Å²) < 4.78 is 5.33. The van der Waals surface area contributed by atoms with Crippen molar-refractivity contribution in [3.63, 3.8) is 0 Å². The molecule has 2 N–H and O–H groups in total. The number of halogens is 2. The van der Waals surface area contributed by atoms with Gasteiger partial charge >= 0.3 is 6.03 Å². The number of H-pyrrole nitrogens is 1. The van der Waals surface area contributed by atoms with Gasteiger partial charge in [0, 0.05) is 28.2 Å². The van der Waals surface area contributed by atoms with E-state index in [2.05, 4.69) is 10.3 Å². The molecule has 33 heavy (non-hydrogen) atoms. The topological polar surface area (TPSA) is 57.4 Å². The summed E-state index contributed by atoms with van der Waals surface area (Å²) in [5.74, 6) is 0.764. The van der Waals surface area contributed by atoms with Gasteiger partial charge < -0.3 is 19.9 Å². The zero-order chi connectivity index (χ0) is 23.1. The number of urea groups is 1. The van der Waals surface area contributed by atoms with E-state index in [1.807, 2.05) is 72.5 Å². The van der Waals surface area contributed by atoms with Crippen molar-refractivity contribution in [2.45, 2.75) is 19.4 Å². The van der Waals surface area contributed by atoms with Gasteiger partial charge in [0.2, 0.25) is 0 Å². The summed E-state index contributed by atoms with van der Waals surface area (Å²) in [5, 5.41) is 5.30. The highest BCUT2D eigenvalue weighted by atomic mass is 35.5. The Morgan fingerprint density at radius 1 is 1.09 bits per heavy atom. The molecule has 2 heterocycles. The minimum absolute atomic E-state index is 0.205. The number of ether oxygens (including phenoxy) is 1. The second-order valence-electron chi connectivity index (χ2n) is 8.24. The number of aryl methyl sites for hydroxylation is 1. The Morgan fingerprint density at radius 3 is 2.61 bits per heavy atom. The van der Waals surface area contributed by atoms with Gasteiger partial charge in [-0.25, -0.2) is 4.79 Å². The fourth-order valence-corrected chi connectivity index (χ4v) is 4.98. The minimum Gasteiger partial charge on any atom is -0.497 e. The molecular formula is C26H23Cl2N3O2. The number of fused-ring (bicyclic) bond motifs is 3. The third kappa shape index (κ3) is 4.03. The summed E-state index contributed by atoms with van der Waals surface area (Å²) in [6.07, 6.45) is 0.720. The Labute approximate surface area is 202 Å². The quantitative estimate of drug-likeness (QED) is 0.333. The van der Waals surface area contributed by atoms with Crippen LogP contribution in [0.3, 0.4) is 0 Å². The number of rotatable bonds is 3. The number of aromatic amines is 1. The van der Waals surface area contributed by atoms with E-state index in [0.717, 1.165) is 39.9 Å². The molecule has 5 rings (SSSR count). The normalized spacial score (nSPS) is 15.4. The first-order chi connectivity index (χ1) is 15.9. The molecule has 7 heteroatoms. The van der Waals surface area contributed by atoms with Crippen LogP contribution >= 0.6 is 23.2 Å². The van der Waals surface area contributed by atoms with E-state index in [9.17, 15) is 4.79 Å². The van der Waals surface area contributed by atoms with Crippen molar-refractivity contribution >= 4 is 45.8 Å². The van der Waals surface area contributed by atoms with Crippen molar-refractivity contribution in [3.05, 3.63) is 93.1 Å². The van der Waals surface area contributed by atoms with Gasteiger partial charge in [0.05, 0.1) is 23.9 Å². The van der Waals surface area contributed by atoms with E-state index in [1.165, 1.54) is 5.56 Å². The maximum Gasteiger partial charge on any atom is 0.322 e. The highest BCUT2D eigenvalue weighted by molar-refractivity contribution is 6.33. The van der Waals surface area contributed by atoms with E-state index < -0.39 is 0 Å². The molecular weight excluding hydrogens is 457 g/mol. The number of benzene rings is 3. The third-order valence-corrected chi connectivity index (χ3v) is 6.70. The molecule has 0 saturated heterocycles. The molecule has 4 aromatic rings. The summed E-state index contributed by atoms with van der Waals surface area (Å²) >= 11 is 12.7. The van der Waals surface area contributed by atoms with Gasteiger partial charge in [-0.1, -0.05) is 41.4 Å². The van der Waals surface area contributed by atoms with Gasteiger partial charge in [-0.3, -0.25) is 0 Å². The molecule has 1 aromatic heterocycles. The third-order valence-electron chi connectivity index (χ3n) is 6.15. The van der Waals surface area contributed by atoms with E-state index >= 15 is 0 Å². The highest BCUT2D eigenvalue weighted by Crippen LogP contribution is 2.40. The molecule has 1 aliphatic rings. The lowest BCUT2D eigenvalue weighted by Crippen LogP contribution is -2.43. The molecule has 0 unspecified atom stereocenters. The number of carbonyl (C=O) groups excluding carboxylic acids is 1. The van der Waals surface area contributed by atoms with E-state index in [-0.39, 0.29) is 12.1 Å². The standard InChI is InChI=1S/C26H23Cl2N3O2/c1-15-3-9-23(21(28)13-15)30-26(32)31-12-11-19-20-14-17(27)6-10-22(20)29-24(19)25(31)16-4-7-18(33-2)8-5-16/h3-10,13-14,25,29H,11-12H2,1-2H3,(H,30,32)/t25-/m0/s1. The van der Waals surface area contributed by atoms with Crippen molar-refractivity contribution in [3.8, 4) is 5.75 Å². The molecule has 0 bridgehead atoms. The maximum atomic E-state index is 13.5. The summed E-state index contributed by atoms with van der Waals surface area (Å²) in [4.78, 5) is 18.9. The van der Waals surface area contributed by atoms with Crippen molar-refractivity contribution < 1.29 is 9.53 Å². The second kappa shape index (κ2) is 8.65. The number of carbonyl (C=O) groups is 1. The number of anilines is 1. The van der Waals surface area contributed by atoms with Crippen molar-refractivity contribution in [1.29, 1.82) is 0 Å². The molecule has 0 aliphatic carbocycles. The fraction of sp³-hybridized carbons (Fsp3) is 0.192. The fourth-order valence-electron chi connectivity index (χ4n) is 4.52. The van der Waals surface area contributed by atoms with Crippen LogP contribution in [0.5, 0.6) is 5.75 Å². The van der Waals surface area contributed by atoms with E-state index in [0.29, 0.717) is 22.3 Å². The van der Waals surface area contributed by atoms with Gasteiger partial charge in [-0.05, 0) is 72.5 Å². The predicted octanol–water partition coefficient (Wildman–Crippen LogP) is 6.97. The molecule has 2 amide bonds. The van der Waals surface area contributed by atoms with E-state index in [1.54, 1.807) is 7.11 Å². The average molecular weight is 480 g/mol. The number of hydrogen-bond donors (Lipinski definition) is 2. The summed E-state index contributed by atoms with van der Waals surface area (Å²) in [6, 6.07) is 18.8. The van der Waals surface area contributed by atoms with Crippen LogP contribution in [-0.2, 0) is 6.42 Å². The van der Waals surface area contributed by atoms with Crippen molar-refractivity contribution in [2.24, 2.45) is 0 Å². The number of hydrogen-bond acceptors (Lipinski definition) is 2. The van der Waals surface area contributed by atoms with Crippen LogP contribution < -0.4 is 10.1 Å². The Morgan fingerprint density at radius 2 is 1.88 bits per heavy atom. The SMILES string of the molecule is COc1ccc([C@H]2c3[nH]c4ccc(Cl)cc4c3CCN2C(=O)Nc2ccc(C)cc2Cl)cc1. The lowest BCUT2D eigenvalue weighted by molar-refractivity contribution is 0.193. The number of methoxy groups -OCH3 is 1. The molecule has 168 valence electrons. The van der Waals surface area contributed by atoms with Crippen LogP contribution in [0.1, 0.15) is 28.4 Å². The minimum atomic E-state index is -0.296. The van der Waals surface area contributed by atoms with Gasteiger partial charge in [0.15, 0.2) is 0 Å². The van der Waals surface area contributed by atoms with Crippen LogP contribution in [-0.4, -0.2) is 29.6 Å². The monoisotopic (exact) mass is 479 g/mol.